The van der Waals surface area contributed by atoms with E-state index < -0.39 is 47.7 Å². The summed E-state index contributed by atoms with van der Waals surface area (Å²) in [7, 11) is 0. The van der Waals surface area contributed by atoms with Crippen molar-refractivity contribution in [1.82, 2.24) is 15.1 Å². The Morgan fingerprint density at radius 3 is 2.55 bits per heavy atom. The number of nitrogens with zero attached hydrogens (tertiary/aromatic N) is 2. The quantitative estimate of drug-likeness (QED) is 0.398. The van der Waals surface area contributed by atoms with Crippen molar-refractivity contribution in [2.75, 3.05) is 19.7 Å². The molecule has 0 aromatic heterocycles. The maximum Gasteiger partial charge on any atom is 0.313 e. The number of allylic oxidation sites excluding steroid dienone is 1. The fourth-order valence-electron chi connectivity index (χ4n) is 7.29. The summed E-state index contributed by atoms with van der Waals surface area (Å²) in [6, 6.07) is -1.60. The molecule has 0 unspecified atom stereocenters. The zero-order chi connectivity index (χ0) is 28.6. The van der Waals surface area contributed by atoms with Gasteiger partial charge in [-0.1, -0.05) is 57.4 Å². The summed E-state index contributed by atoms with van der Waals surface area (Å²) in [5.74, 6) is -3.28. The monoisotopic (exact) mass is 557 g/mol. The van der Waals surface area contributed by atoms with Crippen LogP contribution in [0.4, 0.5) is 0 Å². The summed E-state index contributed by atoms with van der Waals surface area (Å²) in [5.41, 5.74) is -1.31. The van der Waals surface area contributed by atoms with Gasteiger partial charge < -0.3 is 29.7 Å². The Morgan fingerprint density at radius 1 is 1.10 bits per heavy atom. The Hall–Kier alpha value is -2.72. The maximum atomic E-state index is 14.7. The standard InChI is InChI=1S/C30H43N3O7/c1-18(2)21(17-34)33-26-28(37)32(20-10-6-4-7-11-20)15-9-5-8-12-23(35)31-16-19(3)39-29(38)24-22-13-14-30(26,40-22)25(24)27(33)36/h5,9,13-14,18-22,24-26,34H,4,6-8,10-12,15-17H2,1-3H3,(H,31,35)/b9-5-/t19-,21-,22+,24-,25-,26+,30-/m0/s1. The third kappa shape index (κ3) is 4.98. The SMILES string of the molecule is CC(C)[C@H](CO)N1C(=O)[C@@H]2[C@H]3C(=O)O[C@@H](C)CNC(=O)CC/C=C\CN(C4CCCCC4)C(=O)[C@@H]1[C@]21C=C[C@H]3O1. The molecule has 5 bridgehead atoms. The molecule has 5 aliphatic rings. The number of fused-ring (bicyclic) bond motifs is 2. The molecule has 220 valence electrons. The number of amides is 3. The van der Waals surface area contributed by atoms with Gasteiger partial charge in [0, 0.05) is 19.0 Å². The first-order valence-electron chi connectivity index (χ1n) is 14.9. The lowest BCUT2D eigenvalue weighted by Gasteiger charge is -2.42. The molecule has 5 rings (SSSR count). The molecule has 1 aliphatic carbocycles. The van der Waals surface area contributed by atoms with Crippen molar-refractivity contribution in [1.29, 1.82) is 0 Å². The van der Waals surface area contributed by atoms with E-state index in [0.29, 0.717) is 19.4 Å². The van der Waals surface area contributed by atoms with Crippen molar-refractivity contribution < 1.29 is 33.8 Å². The Balaban J connectivity index is 1.59. The molecule has 1 saturated carbocycles. The summed E-state index contributed by atoms with van der Waals surface area (Å²) < 4.78 is 12.2. The van der Waals surface area contributed by atoms with E-state index >= 15 is 0 Å². The molecule has 10 nitrogen and oxygen atoms in total. The van der Waals surface area contributed by atoms with E-state index in [2.05, 4.69) is 5.32 Å². The second-order valence-electron chi connectivity index (χ2n) is 12.3. The number of hydrogen-bond acceptors (Lipinski definition) is 7. The van der Waals surface area contributed by atoms with Crippen molar-refractivity contribution in [3.63, 3.8) is 0 Å². The van der Waals surface area contributed by atoms with E-state index in [1.807, 2.05) is 30.9 Å². The number of carbonyl (C=O) groups excluding carboxylic acids is 4. The van der Waals surface area contributed by atoms with Crippen LogP contribution >= 0.6 is 0 Å². The lowest BCUT2D eigenvalue weighted by molar-refractivity contribution is -0.160. The van der Waals surface area contributed by atoms with Crippen LogP contribution in [0, 0.1) is 17.8 Å². The highest BCUT2D eigenvalue weighted by atomic mass is 16.6. The molecule has 0 aromatic rings. The number of aliphatic hydroxyl groups is 1. The molecule has 3 amide bonds. The molecule has 10 heteroatoms. The Morgan fingerprint density at radius 2 is 1.85 bits per heavy atom. The molecule has 0 radical (unpaired) electrons. The van der Waals surface area contributed by atoms with Gasteiger partial charge >= 0.3 is 5.97 Å². The van der Waals surface area contributed by atoms with Gasteiger partial charge in [-0.15, -0.1) is 0 Å². The van der Waals surface area contributed by atoms with Gasteiger partial charge in [0.05, 0.1) is 31.2 Å². The molecule has 4 aliphatic heterocycles. The second kappa shape index (κ2) is 11.6. The zero-order valence-electron chi connectivity index (χ0n) is 23.8. The first kappa shape index (κ1) is 28.8. The van der Waals surface area contributed by atoms with Crippen molar-refractivity contribution in [3.8, 4) is 0 Å². The molecule has 40 heavy (non-hydrogen) atoms. The number of carbonyl (C=O) groups is 4. The maximum absolute atomic E-state index is 14.7. The van der Waals surface area contributed by atoms with Gasteiger partial charge in [-0.05, 0) is 32.1 Å². The smallest absolute Gasteiger partial charge is 0.313 e. The van der Waals surface area contributed by atoms with Crippen LogP contribution in [-0.2, 0) is 28.7 Å². The largest absolute Gasteiger partial charge is 0.460 e. The molecule has 2 saturated heterocycles. The van der Waals surface area contributed by atoms with E-state index in [0.717, 1.165) is 32.1 Å². The minimum atomic E-state index is -1.31. The van der Waals surface area contributed by atoms with Gasteiger partial charge in [0.15, 0.2) is 0 Å². The lowest BCUT2D eigenvalue weighted by atomic mass is 9.74. The van der Waals surface area contributed by atoms with Gasteiger partial charge in [-0.2, -0.15) is 0 Å². The lowest BCUT2D eigenvalue weighted by Crippen LogP contribution is -2.61. The average Bonchev–Trinajstić information content (AvgIpc) is 3.57. The number of likely N-dealkylation sites (tertiary alicyclic amines) is 1. The van der Waals surface area contributed by atoms with Crippen LogP contribution in [0.5, 0.6) is 0 Å². The van der Waals surface area contributed by atoms with Crippen LogP contribution in [-0.4, -0.2) is 94.2 Å². The Bertz CT molecular complexity index is 1070. The highest BCUT2D eigenvalue weighted by molar-refractivity contribution is 5.99. The van der Waals surface area contributed by atoms with Crippen LogP contribution in [0.1, 0.15) is 65.7 Å². The second-order valence-corrected chi connectivity index (χ2v) is 12.3. The van der Waals surface area contributed by atoms with Crippen LogP contribution in [0.25, 0.3) is 0 Å². The summed E-state index contributed by atoms with van der Waals surface area (Å²) in [6.45, 7) is 5.73. The van der Waals surface area contributed by atoms with Gasteiger partial charge in [-0.25, -0.2) is 0 Å². The minimum absolute atomic E-state index is 0.0134. The van der Waals surface area contributed by atoms with Crippen molar-refractivity contribution in [2.45, 2.75) is 102 Å². The number of rotatable bonds is 4. The van der Waals surface area contributed by atoms with E-state index in [4.69, 9.17) is 9.47 Å². The van der Waals surface area contributed by atoms with Gasteiger partial charge in [0.25, 0.3) is 0 Å². The summed E-state index contributed by atoms with van der Waals surface area (Å²) in [5, 5.41) is 13.2. The number of aliphatic hydroxyl groups excluding tert-OH is 1. The summed E-state index contributed by atoms with van der Waals surface area (Å²) >= 11 is 0. The van der Waals surface area contributed by atoms with Gasteiger partial charge in [0.1, 0.15) is 23.7 Å². The number of nitrogens with one attached hydrogen (secondary N) is 1. The summed E-state index contributed by atoms with van der Waals surface area (Å²) in [6.07, 6.45) is 11.9. The van der Waals surface area contributed by atoms with E-state index in [-0.39, 0.29) is 42.8 Å². The third-order valence-corrected chi connectivity index (χ3v) is 9.34. The van der Waals surface area contributed by atoms with E-state index in [1.54, 1.807) is 19.1 Å². The number of cyclic esters (lactones) is 1. The first-order chi connectivity index (χ1) is 19.2. The van der Waals surface area contributed by atoms with Crippen LogP contribution in [0.3, 0.4) is 0 Å². The van der Waals surface area contributed by atoms with Gasteiger partial charge in [0.2, 0.25) is 17.7 Å². The van der Waals surface area contributed by atoms with Crippen molar-refractivity contribution >= 4 is 23.7 Å². The molecular weight excluding hydrogens is 514 g/mol. The predicted octanol–water partition coefficient (Wildman–Crippen LogP) is 1.71. The summed E-state index contributed by atoms with van der Waals surface area (Å²) in [4.78, 5) is 58.3. The van der Waals surface area contributed by atoms with Crippen molar-refractivity contribution in [2.24, 2.45) is 17.8 Å². The van der Waals surface area contributed by atoms with Crippen LogP contribution in [0.2, 0.25) is 0 Å². The number of hydrogen-bond donors (Lipinski definition) is 2. The normalized spacial score (nSPS) is 37.1. The number of esters is 1. The minimum Gasteiger partial charge on any atom is -0.460 e. The van der Waals surface area contributed by atoms with Crippen LogP contribution < -0.4 is 5.32 Å². The predicted molar refractivity (Wildman–Crippen MR) is 146 cm³/mol. The van der Waals surface area contributed by atoms with Crippen LogP contribution in [0.15, 0.2) is 24.3 Å². The molecule has 0 aromatic carbocycles. The zero-order valence-corrected chi connectivity index (χ0v) is 23.8. The highest BCUT2D eigenvalue weighted by Gasteiger charge is 2.74. The Kier molecular flexibility index (Phi) is 8.38. The molecule has 7 atom stereocenters. The molecule has 4 heterocycles. The Labute approximate surface area is 236 Å². The molecule has 2 N–H and O–H groups in total. The highest BCUT2D eigenvalue weighted by Crippen LogP contribution is 2.56. The third-order valence-electron chi connectivity index (χ3n) is 9.34. The van der Waals surface area contributed by atoms with E-state index in [1.165, 1.54) is 4.90 Å². The molecular formula is C30H43N3O7. The fraction of sp³-hybridized carbons (Fsp3) is 0.733. The molecule has 1 spiro atoms. The number of ether oxygens (including phenoxy) is 2. The fourth-order valence-corrected chi connectivity index (χ4v) is 7.29. The molecule has 3 fully saturated rings. The van der Waals surface area contributed by atoms with Crippen molar-refractivity contribution in [3.05, 3.63) is 24.3 Å². The average molecular weight is 558 g/mol. The first-order valence-corrected chi connectivity index (χ1v) is 14.9. The topological polar surface area (TPSA) is 125 Å². The van der Waals surface area contributed by atoms with Gasteiger partial charge in [-0.3, -0.25) is 19.2 Å². The van der Waals surface area contributed by atoms with E-state index in [9.17, 15) is 24.3 Å².